The fourth-order valence-corrected chi connectivity index (χ4v) is 1.45. The number of aryl methyl sites for hydroxylation is 1. The van der Waals surface area contributed by atoms with Gasteiger partial charge in [0, 0.05) is 6.20 Å². The monoisotopic (exact) mass is 233 g/mol. The second-order valence-corrected chi connectivity index (χ2v) is 3.44. The van der Waals surface area contributed by atoms with E-state index in [4.69, 9.17) is 5.11 Å². The molecule has 17 heavy (non-hydrogen) atoms. The van der Waals surface area contributed by atoms with E-state index in [1.165, 1.54) is 12.5 Å². The summed E-state index contributed by atoms with van der Waals surface area (Å²) in [7, 11) is 0. The van der Waals surface area contributed by atoms with E-state index in [0.717, 1.165) is 6.42 Å². The fraction of sp³-hybridized carbons (Fsp3) is 0.300. The molecule has 7 nitrogen and oxygen atoms in total. The van der Waals surface area contributed by atoms with Crippen LogP contribution >= 0.6 is 0 Å². The van der Waals surface area contributed by atoms with Gasteiger partial charge in [-0.05, 0) is 6.42 Å². The highest BCUT2D eigenvalue weighted by atomic mass is 16.4. The van der Waals surface area contributed by atoms with Crippen molar-refractivity contribution < 1.29 is 9.90 Å². The van der Waals surface area contributed by atoms with E-state index in [-0.39, 0.29) is 5.56 Å². The molecule has 2 rings (SSSR count). The Labute approximate surface area is 97.0 Å². The SMILES string of the molecule is CCCc1nc(-c2ncn[nH]2)ncc1C(=O)O. The summed E-state index contributed by atoms with van der Waals surface area (Å²) >= 11 is 0. The van der Waals surface area contributed by atoms with Crippen molar-refractivity contribution in [3.05, 3.63) is 23.8 Å². The summed E-state index contributed by atoms with van der Waals surface area (Å²) in [4.78, 5) is 23.1. The van der Waals surface area contributed by atoms with Crippen LogP contribution in [0, 0.1) is 0 Å². The molecule has 0 saturated carbocycles. The van der Waals surface area contributed by atoms with Crippen LogP contribution in [-0.2, 0) is 6.42 Å². The van der Waals surface area contributed by atoms with E-state index in [1.54, 1.807) is 0 Å². The van der Waals surface area contributed by atoms with E-state index in [2.05, 4.69) is 25.1 Å². The summed E-state index contributed by atoms with van der Waals surface area (Å²) in [6, 6.07) is 0. The average molecular weight is 233 g/mol. The van der Waals surface area contributed by atoms with E-state index < -0.39 is 5.97 Å². The molecule has 7 heteroatoms. The third-order valence-corrected chi connectivity index (χ3v) is 2.21. The van der Waals surface area contributed by atoms with Crippen LogP contribution in [-0.4, -0.2) is 36.2 Å². The Morgan fingerprint density at radius 2 is 2.29 bits per heavy atom. The molecule has 2 aromatic rings. The molecular weight excluding hydrogens is 222 g/mol. The van der Waals surface area contributed by atoms with E-state index in [9.17, 15) is 4.79 Å². The van der Waals surface area contributed by atoms with Crippen LogP contribution in [0.4, 0.5) is 0 Å². The van der Waals surface area contributed by atoms with Crippen LogP contribution in [0.1, 0.15) is 29.4 Å². The Balaban J connectivity index is 2.45. The number of aromatic carboxylic acids is 1. The third kappa shape index (κ3) is 2.27. The highest BCUT2D eigenvalue weighted by Crippen LogP contribution is 2.13. The van der Waals surface area contributed by atoms with Gasteiger partial charge in [-0.1, -0.05) is 13.3 Å². The predicted octanol–water partition coefficient (Wildman–Crippen LogP) is 0.912. The van der Waals surface area contributed by atoms with Crippen molar-refractivity contribution in [3.8, 4) is 11.6 Å². The molecule has 88 valence electrons. The molecular formula is C10H11N5O2. The Morgan fingerprint density at radius 1 is 1.47 bits per heavy atom. The molecule has 2 aromatic heterocycles. The summed E-state index contributed by atoms with van der Waals surface area (Å²) in [6.45, 7) is 1.96. The van der Waals surface area contributed by atoms with Gasteiger partial charge in [0.25, 0.3) is 0 Å². The zero-order chi connectivity index (χ0) is 12.3. The standard InChI is InChI=1S/C10H11N5O2/c1-2-3-7-6(10(16)17)4-11-8(14-7)9-12-5-13-15-9/h4-5H,2-3H2,1H3,(H,16,17)(H,12,13,15). The van der Waals surface area contributed by atoms with Crippen molar-refractivity contribution in [1.29, 1.82) is 0 Å². The first-order chi connectivity index (χ1) is 8.22. The molecule has 0 amide bonds. The van der Waals surface area contributed by atoms with Crippen molar-refractivity contribution in [1.82, 2.24) is 25.1 Å². The van der Waals surface area contributed by atoms with Crippen LogP contribution in [0.15, 0.2) is 12.5 Å². The Morgan fingerprint density at radius 3 is 2.88 bits per heavy atom. The van der Waals surface area contributed by atoms with Crippen molar-refractivity contribution in [2.75, 3.05) is 0 Å². The van der Waals surface area contributed by atoms with Crippen LogP contribution in [0.25, 0.3) is 11.6 Å². The number of aromatic nitrogens is 5. The smallest absolute Gasteiger partial charge is 0.339 e. The Hall–Kier alpha value is -2.31. The summed E-state index contributed by atoms with van der Waals surface area (Å²) in [5, 5.41) is 15.3. The number of carboxylic acids is 1. The van der Waals surface area contributed by atoms with Crippen molar-refractivity contribution >= 4 is 5.97 Å². The first-order valence-electron chi connectivity index (χ1n) is 5.17. The van der Waals surface area contributed by atoms with Crippen LogP contribution in [0.2, 0.25) is 0 Å². The molecule has 0 aromatic carbocycles. The summed E-state index contributed by atoms with van der Waals surface area (Å²) in [5.41, 5.74) is 0.650. The lowest BCUT2D eigenvalue weighted by Crippen LogP contribution is -2.07. The number of rotatable bonds is 4. The molecule has 0 radical (unpaired) electrons. The maximum atomic E-state index is 11.0. The third-order valence-electron chi connectivity index (χ3n) is 2.21. The lowest BCUT2D eigenvalue weighted by Gasteiger charge is -2.04. The highest BCUT2D eigenvalue weighted by Gasteiger charge is 2.14. The number of nitrogens with one attached hydrogen (secondary N) is 1. The number of carboxylic acid groups (broad SMARTS) is 1. The Bertz CT molecular complexity index is 523. The number of hydrogen-bond donors (Lipinski definition) is 2. The minimum atomic E-state index is -1.02. The molecule has 2 heterocycles. The second-order valence-electron chi connectivity index (χ2n) is 3.44. The number of nitrogens with zero attached hydrogens (tertiary/aromatic N) is 4. The van der Waals surface area contributed by atoms with Gasteiger partial charge in [0.1, 0.15) is 6.33 Å². The van der Waals surface area contributed by atoms with Gasteiger partial charge in [-0.25, -0.2) is 19.7 Å². The molecule has 0 aliphatic heterocycles. The van der Waals surface area contributed by atoms with Gasteiger partial charge < -0.3 is 5.11 Å². The van der Waals surface area contributed by atoms with Gasteiger partial charge >= 0.3 is 5.97 Å². The molecule has 0 saturated heterocycles. The van der Waals surface area contributed by atoms with E-state index in [1.807, 2.05) is 6.92 Å². The molecule has 0 fully saturated rings. The summed E-state index contributed by atoms with van der Waals surface area (Å²) in [5.74, 6) is -0.229. The van der Waals surface area contributed by atoms with Gasteiger partial charge in [-0.15, -0.1) is 0 Å². The lowest BCUT2D eigenvalue weighted by molar-refractivity contribution is 0.0694. The first kappa shape index (κ1) is 11.2. The van der Waals surface area contributed by atoms with Crippen LogP contribution < -0.4 is 0 Å². The van der Waals surface area contributed by atoms with Crippen LogP contribution in [0.3, 0.4) is 0 Å². The van der Waals surface area contributed by atoms with E-state index >= 15 is 0 Å². The molecule has 0 unspecified atom stereocenters. The number of H-pyrrole nitrogens is 1. The highest BCUT2D eigenvalue weighted by molar-refractivity contribution is 5.88. The van der Waals surface area contributed by atoms with E-state index in [0.29, 0.717) is 23.8 Å². The molecule has 0 aliphatic rings. The van der Waals surface area contributed by atoms with Crippen molar-refractivity contribution in [3.63, 3.8) is 0 Å². The minimum Gasteiger partial charge on any atom is -0.478 e. The Kier molecular flexibility index (Phi) is 3.08. The molecule has 0 aliphatic carbocycles. The number of carbonyl (C=O) groups is 1. The number of aromatic amines is 1. The topological polar surface area (TPSA) is 105 Å². The quantitative estimate of drug-likeness (QED) is 0.813. The van der Waals surface area contributed by atoms with Gasteiger partial charge in [0.15, 0.2) is 11.6 Å². The maximum absolute atomic E-state index is 11.0. The largest absolute Gasteiger partial charge is 0.478 e. The second kappa shape index (κ2) is 4.69. The first-order valence-corrected chi connectivity index (χ1v) is 5.17. The molecule has 2 N–H and O–H groups in total. The summed E-state index contributed by atoms with van der Waals surface area (Å²) in [6.07, 6.45) is 4.06. The average Bonchev–Trinajstić information content (AvgIpc) is 2.82. The molecule has 0 atom stereocenters. The van der Waals surface area contributed by atoms with Gasteiger partial charge in [-0.2, -0.15) is 5.10 Å². The summed E-state index contributed by atoms with van der Waals surface area (Å²) < 4.78 is 0. The number of hydrogen-bond acceptors (Lipinski definition) is 5. The maximum Gasteiger partial charge on any atom is 0.339 e. The van der Waals surface area contributed by atoms with Gasteiger partial charge in [0.05, 0.1) is 11.3 Å². The van der Waals surface area contributed by atoms with Gasteiger partial charge in [0.2, 0.25) is 0 Å². The zero-order valence-corrected chi connectivity index (χ0v) is 9.21. The molecule has 0 spiro atoms. The van der Waals surface area contributed by atoms with Crippen LogP contribution in [0.5, 0.6) is 0 Å². The van der Waals surface area contributed by atoms with Crippen molar-refractivity contribution in [2.45, 2.75) is 19.8 Å². The zero-order valence-electron chi connectivity index (χ0n) is 9.21. The fourth-order valence-electron chi connectivity index (χ4n) is 1.45. The lowest BCUT2D eigenvalue weighted by atomic mass is 10.1. The molecule has 0 bridgehead atoms. The minimum absolute atomic E-state index is 0.134. The predicted molar refractivity (Wildman–Crippen MR) is 58.4 cm³/mol. The normalized spacial score (nSPS) is 10.4. The van der Waals surface area contributed by atoms with Gasteiger partial charge in [-0.3, -0.25) is 5.10 Å². The van der Waals surface area contributed by atoms with Crippen molar-refractivity contribution in [2.24, 2.45) is 0 Å².